The van der Waals surface area contributed by atoms with Gasteiger partial charge in [-0.25, -0.2) is 4.98 Å². The van der Waals surface area contributed by atoms with Crippen molar-refractivity contribution in [3.8, 4) is 54.9 Å². The lowest BCUT2D eigenvalue weighted by molar-refractivity contribution is 0.0222. The van der Waals surface area contributed by atoms with Crippen molar-refractivity contribution in [2.75, 3.05) is 26.8 Å². The van der Waals surface area contributed by atoms with Crippen molar-refractivity contribution in [2.24, 2.45) is 11.8 Å². The molecule has 0 radical (unpaired) electrons. The van der Waals surface area contributed by atoms with E-state index >= 15 is 0 Å². The molecule has 0 unspecified atom stereocenters. The SMILES string of the molecule is CCOCOc1c(CC(C)C)csc1-c1ccccc1-c1cccc(-c2ccccc2-c2scc(CC(C)C)c2OCOCC)n1. The van der Waals surface area contributed by atoms with E-state index in [4.69, 9.17) is 23.9 Å². The lowest BCUT2D eigenvalue weighted by Gasteiger charge is -2.15. The summed E-state index contributed by atoms with van der Waals surface area (Å²) in [7, 11) is 0. The van der Waals surface area contributed by atoms with Gasteiger partial charge in [0.25, 0.3) is 0 Å². The molecule has 2 aromatic carbocycles. The van der Waals surface area contributed by atoms with E-state index < -0.39 is 0 Å². The maximum Gasteiger partial charge on any atom is 0.189 e. The summed E-state index contributed by atoms with van der Waals surface area (Å²) in [6, 6.07) is 23.2. The molecule has 0 fully saturated rings. The van der Waals surface area contributed by atoms with E-state index in [1.165, 1.54) is 11.1 Å². The Hall–Kier alpha value is -3.49. The summed E-state index contributed by atoms with van der Waals surface area (Å²) in [5.41, 5.74) is 8.61. The molecule has 5 rings (SSSR count). The van der Waals surface area contributed by atoms with Crippen LogP contribution in [0.15, 0.2) is 77.5 Å². The van der Waals surface area contributed by atoms with Crippen molar-refractivity contribution in [1.29, 1.82) is 0 Å². The van der Waals surface area contributed by atoms with E-state index in [1.54, 1.807) is 22.7 Å². The number of aromatic nitrogens is 1. The second-order valence-corrected chi connectivity index (χ2v) is 13.8. The van der Waals surface area contributed by atoms with Gasteiger partial charge in [0, 0.05) is 46.6 Å². The molecule has 0 saturated carbocycles. The van der Waals surface area contributed by atoms with Gasteiger partial charge in [-0.2, -0.15) is 0 Å². The molecule has 5 nitrogen and oxygen atoms in total. The molecule has 0 bridgehead atoms. The molecule has 3 aromatic heterocycles. The van der Waals surface area contributed by atoms with Gasteiger partial charge in [-0.05, 0) is 61.4 Å². The van der Waals surface area contributed by atoms with Crippen molar-refractivity contribution in [3.63, 3.8) is 0 Å². The Morgan fingerprint density at radius 2 is 0.978 bits per heavy atom. The Morgan fingerprint density at radius 1 is 0.565 bits per heavy atom. The van der Waals surface area contributed by atoms with Gasteiger partial charge in [-0.1, -0.05) is 82.3 Å². The average molecular weight is 656 g/mol. The molecule has 0 aliphatic heterocycles. The van der Waals surface area contributed by atoms with Crippen molar-refractivity contribution in [2.45, 2.75) is 54.4 Å². The van der Waals surface area contributed by atoms with Crippen LogP contribution in [0.3, 0.4) is 0 Å². The van der Waals surface area contributed by atoms with Crippen LogP contribution < -0.4 is 9.47 Å². The maximum absolute atomic E-state index is 6.27. The van der Waals surface area contributed by atoms with Crippen molar-refractivity contribution in [3.05, 3.63) is 88.6 Å². The fourth-order valence-electron chi connectivity index (χ4n) is 5.53. The van der Waals surface area contributed by atoms with Crippen LogP contribution in [0.4, 0.5) is 0 Å². The van der Waals surface area contributed by atoms with Crippen LogP contribution in [0.5, 0.6) is 11.5 Å². The zero-order valence-corrected chi connectivity index (χ0v) is 29.4. The van der Waals surface area contributed by atoms with Crippen LogP contribution in [0.2, 0.25) is 0 Å². The van der Waals surface area contributed by atoms with Crippen LogP contribution >= 0.6 is 22.7 Å². The predicted molar refractivity (Wildman–Crippen MR) is 193 cm³/mol. The molecule has 5 aromatic rings. The topological polar surface area (TPSA) is 49.8 Å². The van der Waals surface area contributed by atoms with Gasteiger partial charge in [0.2, 0.25) is 0 Å². The number of ether oxygens (including phenoxy) is 4. The van der Waals surface area contributed by atoms with Crippen LogP contribution in [-0.4, -0.2) is 31.8 Å². The normalized spacial score (nSPS) is 11.5. The maximum atomic E-state index is 6.27. The Balaban J connectivity index is 1.56. The minimum Gasteiger partial charge on any atom is -0.466 e. The van der Waals surface area contributed by atoms with Gasteiger partial charge >= 0.3 is 0 Å². The van der Waals surface area contributed by atoms with E-state index in [9.17, 15) is 0 Å². The van der Waals surface area contributed by atoms with Gasteiger partial charge < -0.3 is 18.9 Å². The fraction of sp³-hybridized carbons (Fsp3) is 0.359. The molecule has 0 aliphatic rings. The van der Waals surface area contributed by atoms with E-state index in [0.29, 0.717) is 25.0 Å². The zero-order valence-electron chi connectivity index (χ0n) is 27.8. The second kappa shape index (κ2) is 16.4. The van der Waals surface area contributed by atoms with E-state index in [2.05, 4.69) is 105 Å². The largest absolute Gasteiger partial charge is 0.466 e. The number of hydrogen-bond acceptors (Lipinski definition) is 7. The first kappa shape index (κ1) is 33.9. The smallest absolute Gasteiger partial charge is 0.189 e. The lowest BCUT2D eigenvalue weighted by Crippen LogP contribution is -2.05. The molecule has 0 N–H and O–H groups in total. The molecule has 0 atom stereocenters. The molecule has 242 valence electrons. The molecule has 0 spiro atoms. The van der Waals surface area contributed by atoms with Gasteiger partial charge in [0.15, 0.2) is 13.6 Å². The molecular weight excluding hydrogens is 611 g/mol. The van der Waals surface area contributed by atoms with Crippen molar-refractivity contribution < 1.29 is 18.9 Å². The fourth-order valence-corrected chi connectivity index (χ4v) is 7.66. The third kappa shape index (κ3) is 8.07. The van der Waals surface area contributed by atoms with Crippen LogP contribution in [0.1, 0.15) is 52.7 Å². The summed E-state index contributed by atoms with van der Waals surface area (Å²) in [6.07, 6.45) is 1.89. The van der Waals surface area contributed by atoms with Crippen LogP contribution in [0, 0.1) is 11.8 Å². The third-order valence-corrected chi connectivity index (χ3v) is 9.60. The van der Waals surface area contributed by atoms with Crippen molar-refractivity contribution >= 4 is 22.7 Å². The standard InChI is InChI=1S/C39H45NO4S2/c1-7-41-24-43-36-28(20-26(3)4)22-45-38(36)32-16-11-9-14-30(32)34-18-13-19-35(40-34)31-15-10-12-17-33(31)39-37(44-25-42-8-2)29(23-46-39)21-27(5)6/h9-19,22-23,26-27H,7-8,20-21,24-25H2,1-6H3. The van der Waals surface area contributed by atoms with E-state index in [-0.39, 0.29) is 13.6 Å². The highest BCUT2D eigenvalue weighted by Gasteiger charge is 2.22. The number of rotatable bonds is 16. The Bertz CT molecular complexity index is 1580. The van der Waals surface area contributed by atoms with Gasteiger partial charge in [-0.15, -0.1) is 22.7 Å². The molecule has 7 heteroatoms. The Morgan fingerprint density at radius 3 is 1.37 bits per heavy atom. The van der Waals surface area contributed by atoms with Crippen LogP contribution in [0.25, 0.3) is 43.4 Å². The lowest BCUT2D eigenvalue weighted by atomic mass is 9.97. The third-order valence-electron chi connectivity index (χ3n) is 7.52. The highest BCUT2D eigenvalue weighted by atomic mass is 32.1. The summed E-state index contributed by atoms with van der Waals surface area (Å²) in [6.45, 7) is 14.6. The number of hydrogen-bond donors (Lipinski definition) is 0. The average Bonchev–Trinajstić information content (AvgIpc) is 3.64. The van der Waals surface area contributed by atoms with Gasteiger partial charge in [-0.3, -0.25) is 0 Å². The summed E-state index contributed by atoms with van der Waals surface area (Å²) in [5, 5.41) is 4.46. The summed E-state index contributed by atoms with van der Waals surface area (Å²) in [5.74, 6) is 2.85. The van der Waals surface area contributed by atoms with Crippen LogP contribution in [-0.2, 0) is 22.3 Å². The molecule has 0 saturated heterocycles. The quantitative estimate of drug-likeness (QED) is 0.0782. The second-order valence-electron chi connectivity index (χ2n) is 12.0. The summed E-state index contributed by atoms with van der Waals surface area (Å²) >= 11 is 3.45. The number of nitrogens with zero attached hydrogens (tertiary/aromatic N) is 1. The first-order chi connectivity index (χ1) is 22.4. The highest BCUT2D eigenvalue weighted by Crippen LogP contribution is 2.46. The van der Waals surface area contributed by atoms with E-state index in [0.717, 1.165) is 67.7 Å². The minimum absolute atomic E-state index is 0.232. The minimum atomic E-state index is 0.232. The number of thiophene rings is 2. The first-order valence-corrected chi connectivity index (χ1v) is 17.9. The summed E-state index contributed by atoms with van der Waals surface area (Å²) < 4.78 is 23.7. The number of benzene rings is 2. The highest BCUT2D eigenvalue weighted by molar-refractivity contribution is 7.14. The molecular formula is C39H45NO4S2. The van der Waals surface area contributed by atoms with E-state index in [1.807, 2.05) is 13.8 Å². The Labute approximate surface area is 282 Å². The molecule has 46 heavy (non-hydrogen) atoms. The zero-order chi connectivity index (χ0) is 32.5. The van der Waals surface area contributed by atoms with Gasteiger partial charge in [0.1, 0.15) is 11.5 Å². The summed E-state index contributed by atoms with van der Waals surface area (Å²) in [4.78, 5) is 7.49. The van der Waals surface area contributed by atoms with Crippen molar-refractivity contribution in [1.82, 2.24) is 4.98 Å². The monoisotopic (exact) mass is 655 g/mol. The number of pyridine rings is 1. The molecule has 3 heterocycles. The predicted octanol–water partition coefficient (Wildman–Crippen LogP) is 11.0. The molecule has 0 aliphatic carbocycles. The Kier molecular flexibility index (Phi) is 12.0. The van der Waals surface area contributed by atoms with Gasteiger partial charge in [0.05, 0.1) is 21.1 Å². The first-order valence-electron chi connectivity index (χ1n) is 16.2. The molecule has 0 amide bonds.